The molecular weight excluding hydrogens is 404 g/mol. The van der Waals surface area contributed by atoms with Crippen LogP contribution in [-0.2, 0) is 14.8 Å². The van der Waals surface area contributed by atoms with Crippen molar-refractivity contribution in [1.29, 1.82) is 0 Å². The lowest BCUT2D eigenvalue weighted by molar-refractivity contribution is -0.0440. The van der Waals surface area contributed by atoms with E-state index >= 15 is 0 Å². The molecule has 30 heavy (non-hydrogen) atoms. The van der Waals surface area contributed by atoms with Crippen LogP contribution in [0.25, 0.3) is 0 Å². The van der Waals surface area contributed by atoms with Gasteiger partial charge in [0.2, 0.25) is 10.0 Å². The SMILES string of the molecule is C[C@@H]1CN(S(=O)(=O)c2ccc(C(=O)NCCCOc3ccccc3)cc2)C[C@H](C)O1. The number of nitrogens with one attached hydrogen (secondary N) is 1. The lowest BCUT2D eigenvalue weighted by Gasteiger charge is -2.34. The van der Waals surface area contributed by atoms with Gasteiger partial charge in [-0.05, 0) is 56.7 Å². The van der Waals surface area contributed by atoms with Gasteiger partial charge >= 0.3 is 0 Å². The monoisotopic (exact) mass is 432 g/mol. The number of ether oxygens (including phenoxy) is 2. The highest BCUT2D eigenvalue weighted by Crippen LogP contribution is 2.21. The number of rotatable bonds is 8. The van der Waals surface area contributed by atoms with Gasteiger partial charge in [0.25, 0.3) is 5.91 Å². The van der Waals surface area contributed by atoms with Gasteiger partial charge in [-0.3, -0.25) is 4.79 Å². The molecule has 0 aliphatic carbocycles. The summed E-state index contributed by atoms with van der Waals surface area (Å²) in [5.74, 6) is 0.553. The molecule has 0 radical (unpaired) electrons. The molecule has 0 spiro atoms. The van der Waals surface area contributed by atoms with E-state index in [0.29, 0.717) is 38.2 Å². The van der Waals surface area contributed by atoms with Crippen molar-refractivity contribution in [3.05, 3.63) is 60.2 Å². The quantitative estimate of drug-likeness (QED) is 0.649. The zero-order valence-corrected chi connectivity index (χ0v) is 18.1. The van der Waals surface area contributed by atoms with Crippen LogP contribution in [0, 0.1) is 0 Å². The van der Waals surface area contributed by atoms with Crippen LogP contribution >= 0.6 is 0 Å². The van der Waals surface area contributed by atoms with Gasteiger partial charge in [-0.25, -0.2) is 8.42 Å². The largest absolute Gasteiger partial charge is 0.494 e. The summed E-state index contributed by atoms with van der Waals surface area (Å²) in [6.07, 6.45) is 0.361. The Morgan fingerprint density at radius 3 is 2.33 bits per heavy atom. The Morgan fingerprint density at radius 1 is 1.07 bits per heavy atom. The van der Waals surface area contributed by atoms with Gasteiger partial charge in [0.05, 0.1) is 23.7 Å². The van der Waals surface area contributed by atoms with E-state index in [4.69, 9.17) is 9.47 Å². The Bertz CT molecular complexity index is 922. The van der Waals surface area contributed by atoms with Gasteiger partial charge < -0.3 is 14.8 Å². The van der Waals surface area contributed by atoms with Crippen LogP contribution in [0.4, 0.5) is 0 Å². The molecule has 3 rings (SSSR count). The highest BCUT2D eigenvalue weighted by molar-refractivity contribution is 7.89. The smallest absolute Gasteiger partial charge is 0.251 e. The number of hydrogen-bond donors (Lipinski definition) is 1. The molecule has 2 aromatic rings. The van der Waals surface area contributed by atoms with Gasteiger partial charge in [0.15, 0.2) is 0 Å². The van der Waals surface area contributed by atoms with Gasteiger partial charge in [0, 0.05) is 25.2 Å². The molecular formula is C22H28N2O5S. The highest BCUT2D eigenvalue weighted by Gasteiger charge is 2.32. The Hall–Kier alpha value is -2.42. The number of hydrogen-bond acceptors (Lipinski definition) is 5. The average Bonchev–Trinajstić information content (AvgIpc) is 2.73. The second kappa shape index (κ2) is 10.1. The third kappa shape index (κ3) is 5.81. The Balaban J connectivity index is 1.50. The Morgan fingerprint density at radius 2 is 1.70 bits per heavy atom. The van der Waals surface area contributed by atoms with Crippen LogP contribution < -0.4 is 10.1 Å². The standard InChI is InChI=1S/C22H28N2O5S/c1-17-15-24(16-18(2)29-17)30(26,27)21-11-9-19(10-12-21)22(25)23-13-6-14-28-20-7-4-3-5-8-20/h3-5,7-12,17-18H,6,13-16H2,1-2H3,(H,23,25)/t17-,18+. The molecule has 2 aromatic carbocycles. The van der Waals surface area contributed by atoms with E-state index < -0.39 is 10.0 Å². The maximum absolute atomic E-state index is 12.9. The molecule has 1 N–H and O–H groups in total. The zero-order chi connectivity index (χ0) is 21.6. The molecule has 1 heterocycles. The van der Waals surface area contributed by atoms with Crippen molar-refractivity contribution in [2.75, 3.05) is 26.2 Å². The van der Waals surface area contributed by atoms with Crippen molar-refractivity contribution in [1.82, 2.24) is 9.62 Å². The van der Waals surface area contributed by atoms with Crippen molar-refractivity contribution in [2.24, 2.45) is 0 Å². The minimum absolute atomic E-state index is 0.153. The summed E-state index contributed by atoms with van der Waals surface area (Å²) in [5.41, 5.74) is 0.418. The van der Waals surface area contributed by atoms with Crippen molar-refractivity contribution < 1.29 is 22.7 Å². The number of morpholine rings is 1. The summed E-state index contributed by atoms with van der Waals surface area (Å²) in [7, 11) is -3.62. The molecule has 1 aliphatic heterocycles. The topological polar surface area (TPSA) is 84.9 Å². The molecule has 0 saturated carbocycles. The summed E-state index contributed by atoms with van der Waals surface area (Å²) in [6.45, 7) is 5.32. The van der Waals surface area contributed by atoms with Crippen molar-refractivity contribution >= 4 is 15.9 Å². The number of amides is 1. The van der Waals surface area contributed by atoms with Gasteiger partial charge in [-0.15, -0.1) is 0 Å². The minimum Gasteiger partial charge on any atom is -0.494 e. The molecule has 0 unspecified atom stereocenters. The van der Waals surface area contributed by atoms with E-state index in [2.05, 4.69) is 5.32 Å². The normalized spacial score (nSPS) is 19.9. The van der Waals surface area contributed by atoms with Crippen LogP contribution in [-0.4, -0.2) is 57.1 Å². The van der Waals surface area contributed by atoms with Crippen molar-refractivity contribution in [2.45, 2.75) is 37.4 Å². The summed E-state index contributed by atoms with van der Waals surface area (Å²) in [5, 5.41) is 2.82. The fourth-order valence-corrected chi connectivity index (χ4v) is 4.93. The summed E-state index contributed by atoms with van der Waals surface area (Å²) >= 11 is 0. The predicted molar refractivity (Wildman–Crippen MR) is 114 cm³/mol. The van der Waals surface area contributed by atoms with Crippen molar-refractivity contribution in [3.63, 3.8) is 0 Å². The number of benzene rings is 2. The van der Waals surface area contributed by atoms with Gasteiger partial charge in [-0.1, -0.05) is 18.2 Å². The second-order valence-electron chi connectivity index (χ2n) is 7.37. The average molecular weight is 433 g/mol. The third-order valence-corrected chi connectivity index (χ3v) is 6.60. The molecule has 1 fully saturated rings. The fourth-order valence-electron chi connectivity index (χ4n) is 3.34. The first-order chi connectivity index (χ1) is 14.4. The van der Waals surface area contributed by atoms with Crippen LogP contribution in [0.15, 0.2) is 59.5 Å². The number of sulfonamides is 1. The molecule has 1 aliphatic rings. The highest BCUT2D eigenvalue weighted by atomic mass is 32.2. The van der Waals surface area contributed by atoms with Crippen LogP contribution in [0.3, 0.4) is 0 Å². The Kier molecular flexibility index (Phi) is 7.47. The molecule has 0 aromatic heterocycles. The van der Waals surface area contributed by atoms with E-state index in [-0.39, 0.29) is 23.0 Å². The second-order valence-corrected chi connectivity index (χ2v) is 9.31. The van der Waals surface area contributed by atoms with Crippen LogP contribution in [0.2, 0.25) is 0 Å². The lowest BCUT2D eigenvalue weighted by Crippen LogP contribution is -2.48. The first-order valence-corrected chi connectivity index (χ1v) is 11.5. The maximum atomic E-state index is 12.9. The number of para-hydroxylation sites is 1. The predicted octanol–water partition coefficient (Wildman–Crippen LogP) is 2.68. The minimum atomic E-state index is -3.62. The molecule has 7 nitrogen and oxygen atoms in total. The first-order valence-electron chi connectivity index (χ1n) is 10.1. The third-order valence-electron chi connectivity index (χ3n) is 4.76. The zero-order valence-electron chi connectivity index (χ0n) is 17.3. The summed E-state index contributed by atoms with van der Waals surface area (Å²) < 4.78 is 38.4. The lowest BCUT2D eigenvalue weighted by atomic mass is 10.2. The molecule has 8 heteroatoms. The molecule has 1 saturated heterocycles. The fraction of sp³-hybridized carbons (Fsp3) is 0.409. The number of carbonyl (C=O) groups is 1. The van der Waals surface area contributed by atoms with E-state index in [1.807, 2.05) is 44.2 Å². The molecule has 2 atom stereocenters. The maximum Gasteiger partial charge on any atom is 0.251 e. The summed E-state index contributed by atoms with van der Waals surface area (Å²) in [4.78, 5) is 12.5. The van der Waals surface area contributed by atoms with Crippen molar-refractivity contribution in [3.8, 4) is 5.75 Å². The first kappa shape index (κ1) is 22.3. The summed E-state index contributed by atoms with van der Waals surface area (Å²) in [6, 6.07) is 15.5. The number of nitrogens with zero attached hydrogens (tertiary/aromatic N) is 1. The van der Waals surface area contributed by atoms with Crippen LogP contribution in [0.5, 0.6) is 5.75 Å². The van der Waals surface area contributed by atoms with Crippen LogP contribution in [0.1, 0.15) is 30.6 Å². The van der Waals surface area contributed by atoms with Gasteiger partial charge in [0.1, 0.15) is 5.75 Å². The molecule has 1 amide bonds. The van der Waals surface area contributed by atoms with E-state index in [9.17, 15) is 13.2 Å². The Labute approximate surface area is 178 Å². The van der Waals surface area contributed by atoms with E-state index in [1.165, 1.54) is 28.6 Å². The van der Waals surface area contributed by atoms with Gasteiger partial charge in [-0.2, -0.15) is 4.31 Å². The van der Waals surface area contributed by atoms with E-state index in [0.717, 1.165) is 5.75 Å². The van der Waals surface area contributed by atoms with E-state index in [1.54, 1.807) is 0 Å². The molecule has 0 bridgehead atoms. The number of carbonyl (C=O) groups excluding carboxylic acids is 1. The molecule has 162 valence electrons.